The number of carbonyl (C=O) groups excluding carboxylic acids is 1. The van der Waals surface area contributed by atoms with E-state index < -0.39 is 0 Å². The summed E-state index contributed by atoms with van der Waals surface area (Å²) in [5.41, 5.74) is 6.93. The van der Waals surface area contributed by atoms with Gasteiger partial charge in [0, 0.05) is 17.8 Å². The van der Waals surface area contributed by atoms with Crippen LogP contribution in [0.5, 0.6) is 0 Å². The molecule has 0 spiro atoms. The van der Waals surface area contributed by atoms with Gasteiger partial charge in [0.25, 0.3) is 0 Å². The number of amides is 1. The number of rotatable bonds is 4. The van der Waals surface area contributed by atoms with Crippen molar-refractivity contribution in [3.05, 3.63) is 16.1 Å². The number of carbonyl (C=O) groups is 1. The van der Waals surface area contributed by atoms with Gasteiger partial charge in [-0.25, -0.2) is 4.98 Å². The Morgan fingerprint density at radius 1 is 1.67 bits per heavy atom. The Morgan fingerprint density at radius 2 is 2.44 bits per heavy atom. The molecule has 1 aromatic heterocycles. The molecular formula is C13H21N3OS. The van der Waals surface area contributed by atoms with E-state index in [9.17, 15) is 4.79 Å². The van der Waals surface area contributed by atoms with Gasteiger partial charge in [-0.1, -0.05) is 6.42 Å². The number of hydrogen-bond donors (Lipinski definition) is 2. The molecule has 0 saturated heterocycles. The predicted octanol–water partition coefficient (Wildman–Crippen LogP) is 2.15. The summed E-state index contributed by atoms with van der Waals surface area (Å²) < 4.78 is 0. The molecule has 1 heterocycles. The molecule has 2 rings (SSSR count). The van der Waals surface area contributed by atoms with Crippen molar-refractivity contribution in [1.29, 1.82) is 0 Å². The molecule has 3 atom stereocenters. The summed E-state index contributed by atoms with van der Waals surface area (Å²) in [5.74, 6) is 0.449. The molecule has 1 aliphatic carbocycles. The minimum absolute atomic E-state index is 0.0138. The van der Waals surface area contributed by atoms with Crippen LogP contribution in [0.4, 0.5) is 0 Å². The van der Waals surface area contributed by atoms with Gasteiger partial charge in [0.2, 0.25) is 5.91 Å². The van der Waals surface area contributed by atoms with E-state index in [1.165, 1.54) is 0 Å². The Labute approximate surface area is 112 Å². The molecule has 1 aliphatic rings. The molecule has 1 amide bonds. The van der Waals surface area contributed by atoms with E-state index in [0.717, 1.165) is 30.0 Å². The maximum absolute atomic E-state index is 11.9. The van der Waals surface area contributed by atoms with Gasteiger partial charge in [-0.15, -0.1) is 11.3 Å². The van der Waals surface area contributed by atoms with Crippen molar-refractivity contribution in [2.45, 2.75) is 51.6 Å². The number of aryl methyl sites for hydroxylation is 1. The fourth-order valence-electron chi connectivity index (χ4n) is 2.51. The average molecular weight is 267 g/mol. The second-order valence-electron chi connectivity index (χ2n) is 5.14. The van der Waals surface area contributed by atoms with Crippen LogP contribution in [0, 0.1) is 12.8 Å². The highest BCUT2D eigenvalue weighted by Crippen LogP contribution is 2.27. The zero-order chi connectivity index (χ0) is 13.1. The van der Waals surface area contributed by atoms with E-state index in [0.29, 0.717) is 12.3 Å². The SMILES string of the molecule is Cc1nc(C(C)NC(=O)C[C@@H]2CCC[C@H]2N)cs1. The van der Waals surface area contributed by atoms with Crippen molar-refractivity contribution in [3.63, 3.8) is 0 Å². The first-order valence-corrected chi connectivity index (χ1v) is 7.41. The number of aromatic nitrogens is 1. The molecule has 0 bridgehead atoms. The molecule has 18 heavy (non-hydrogen) atoms. The summed E-state index contributed by atoms with van der Waals surface area (Å²) in [4.78, 5) is 16.3. The normalized spacial score (nSPS) is 25.1. The number of nitrogens with one attached hydrogen (secondary N) is 1. The molecule has 1 saturated carbocycles. The van der Waals surface area contributed by atoms with Gasteiger partial charge in [-0.3, -0.25) is 4.79 Å². The molecule has 3 N–H and O–H groups in total. The first-order chi connectivity index (χ1) is 8.56. The Morgan fingerprint density at radius 3 is 3.00 bits per heavy atom. The molecule has 1 aromatic rings. The van der Waals surface area contributed by atoms with Gasteiger partial charge < -0.3 is 11.1 Å². The van der Waals surface area contributed by atoms with E-state index in [2.05, 4.69) is 10.3 Å². The maximum Gasteiger partial charge on any atom is 0.220 e. The van der Waals surface area contributed by atoms with Crippen LogP contribution in [0.15, 0.2) is 5.38 Å². The lowest BCUT2D eigenvalue weighted by atomic mass is 9.99. The van der Waals surface area contributed by atoms with Crippen LogP contribution >= 0.6 is 11.3 Å². The number of nitrogens with two attached hydrogens (primary N) is 1. The molecular weight excluding hydrogens is 246 g/mol. The Balaban J connectivity index is 1.83. The van der Waals surface area contributed by atoms with Gasteiger partial charge in [0.15, 0.2) is 0 Å². The van der Waals surface area contributed by atoms with Crippen LogP contribution in [0.1, 0.15) is 49.4 Å². The summed E-state index contributed by atoms with van der Waals surface area (Å²) >= 11 is 1.61. The second kappa shape index (κ2) is 5.80. The fourth-order valence-corrected chi connectivity index (χ4v) is 3.22. The molecule has 1 unspecified atom stereocenters. The number of thiazole rings is 1. The van der Waals surface area contributed by atoms with Crippen molar-refractivity contribution in [3.8, 4) is 0 Å². The smallest absolute Gasteiger partial charge is 0.220 e. The number of hydrogen-bond acceptors (Lipinski definition) is 4. The van der Waals surface area contributed by atoms with Gasteiger partial charge in [-0.05, 0) is 32.6 Å². The van der Waals surface area contributed by atoms with Crippen molar-refractivity contribution in [1.82, 2.24) is 10.3 Å². The summed E-state index contributed by atoms with van der Waals surface area (Å²) in [6.07, 6.45) is 3.84. The Bertz CT molecular complexity index is 418. The van der Waals surface area contributed by atoms with Gasteiger partial charge >= 0.3 is 0 Å². The molecule has 4 nitrogen and oxygen atoms in total. The maximum atomic E-state index is 11.9. The molecule has 0 aliphatic heterocycles. The van der Waals surface area contributed by atoms with E-state index in [4.69, 9.17) is 5.73 Å². The van der Waals surface area contributed by atoms with E-state index in [1.807, 2.05) is 19.2 Å². The number of nitrogens with zero attached hydrogens (tertiary/aromatic N) is 1. The van der Waals surface area contributed by atoms with Crippen molar-refractivity contribution < 1.29 is 4.79 Å². The quantitative estimate of drug-likeness (QED) is 0.878. The van der Waals surface area contributed by atoms with Crippen LogP contribution in [-0.4, -0.2) is 16.9 Å². The molecule has 0 aromatic carbocycles. The van der Waals surface area contributed by atoms with Crippen LogP contribution in [0.25, 0.3) is 0 Å². The van der Waals surface area contributed by atoms with Crippen molar-refractivity contribution in [2.75, 3.05) is 0 Å². The van der Waals surface area contributed by atoms with E-state index in [-0.39, 0.29) is 18.0 Å². The third kappa shape index (κ3) is 3.29. The van der Waals surface area contributed by atoms with Gasteiger partial charge in [0.05, 0.1) is 16.7 Å². The highest BCUT2D eigenvalue weighted by atomic mass is 32.1. The summed E-state index contributed by atoms with van der Waals surface area (Å²) in [6, 6.07) is 0.188. The van der Waals surface area contributed by atoms with Gasteiger partial charge in [0.1, 0.15) is 0 Å². The monoisotopic (exact) mass is 267 g/mol. The summed E-state index contributed by atoms with van der Waals surface area (Å²) in [6.45, 7) is 3.95. The van der Waals surface area contributed by atoms with Gasteiger partial charge in [-0.2, -0.15) is 0 Å². The molecule has 0 radical (unpaired) electrons. The summed E-state index contributed by atoms with van der Waals surface area (Å²) in [5, 5.41) is 6.04. The van der Waals surface area contributed by atoms with E-state index in [1.54, 1.807) is 11.3 Å². The fraction of sp³-hybridized carbons (Fsp3) is 0.692. The molecule has 1 fully saturated rings. The van der Waals surface area contributed by atoms with Crippen LogP contribution < -0.4 is 11.1 Å². The first-order valence-electron chi connectivity index (χ1n) is 6.53. The lowest BCUT2D eigenvalue weighted by Gasteiger charge is -2.17. The Kier molecular flexibility index (Phi) is 4.35. The zero-order valence-electron chi connectivity index (χ0n) is 11.0. The standard InChI is InChI=1S/C13H21N3OS/c1-8(12-7-18-9(2)16-12)15-13(17)6-10-4-3-5-11(10)14/h7-8,10-11H,3-6,14H2,1-2H3,(H,15,17)/t8?,10-,11+/m0/s1. The van der Waals surface area contributed by atoms with Crippen LogP contribution in [0.3, 0.4) is 0 Å². The molecule has 100 valence electrons. The minimum Gasteiger partial charge on any atom is -0.348 e. The zero-order valence-corrected chi connectivity index (χ0v) is 11.8. The van der Waals surface area contributed by atoms with Crippen LogP contribution in [0.2, 0.25) is 0 Å². The molecule has 5 heteroatoms. The second-order valence-corrected chi connectivity index (χ2v) is 6.20. The van der Waals surface area contributed by atoms with Crippen molar-refractivity contribution >= 4 is 17.2 Å². The predicted molar refractivity (Wildman–Crippen MR) is 73.3 cm³/mol. The Hall–Kier alpha value is -0.940. The lowest BCUT2D eigenvalue weighted by Crippen LogP contribution is -2.33. The minimum atomic E-state index is -0.0138. The first kappa shape index (κ1) is 13.5. The highest BCUT2D eigenvalue weighted by molar-refractivity contribution is 7.09. The largest absolute Gasteiger partial charge is 0.348 e. The van der Waals surface area contributed by atoms with Crippen molar-refractivity contribution in [2.24, 2.45) is 11.7 Å². The summed E-state index contributed by atoms with van der Waals surface area (Å²) in [7, 11) is 0. The van der Waals surface area contributed by atoms with E-state index >= 15 is 0 Å². The average Bonchev–Trinajstić information content (AvgIpc) is 2.89. The topological polar surface area (TPSA) is 68.0 Å². The van der Waals surface area contributed by atoms with Crippen LogP contribution in [-0.2, 0) is 4.79 Å². The highest BCUT2D eigenvalue weighted by Gasteiger charge is 2.26. The third-order valence-electron chi connectivity index (χ3n) is 3.62. The lowest BCUT2D eigenvalue weighted by molar-refractivity contribution is -0.122. The third-order valence-corrected chi connectivity index (χ3v) is 4.42.